The maximum absolute atomic E-state index is 12.6. The fraction of sp³-hybridized carbons (Fsp3) is 0.381. The monoisotopic (exact) mass is 361 g/mol. The fourth-order valence-electron chi connectivity index (χ4n) is 4.57. The minimum atomic E-state index is 0.155. The smallest absolute Gasteiger partial charge is 0.253 e. The van der Waals surface area contributed by atoms with E-state index in [1.54, 1.807) is 6.33 Å². The second-order valence-electron chi connectivity index (χ2n) is 8.14. The van der Waals surface area contributed by atoms with Crippen LogP contribution in [0.25, 0.3) is 11.0 Å². The first-order valence-corrected chi connectivity index (χ1v) is 9.42. The maximum atomic E-state index is 12.6. The van der Waals surface area contributed by atoms with E-state index in [1.165, 1.54) is 5.56 Å². The van der Waals surface area contributed by atoms with E-state index in [0.29, 0.717) is 11.5 Å². The second-order valence-corrected chi connectivity index (χ2v) is 8.14. The average molecular weight is 361 g/mol. The van der Waals surface area contributed by atoms with Crippen LogP contribution >= 0.6 is 0 Å². The summed E-state index contributed by atoms with van der Waals surface area (Å²) in [5.41, 5.74) is 3.14. The van der Waals surface area contributed by atoms with Crippen molar-refractivity contribution in [2.45, 2.75) is 25.8 Å². The van der Waals surface area contributed by atoms with Gasteiger partial charge >= 0.3 is 0 Å². The van der Waals surface area contributed by atoms with E-state index < -0.39 is 0 Å². The molecule has 1 aliphatic carbocycles. The van der Waals surface area contributed by atoms with Gasteiger partial charge in [-0.2, -0.15) is 0 Å². The number of carbonyl (C=O) groups excluding carboxylic acids is 1. The highest BCUT2D eigenvalue weighted by Gasteiger charge is 2.54. The van der Waals surface area contributed by atoms with Crippen molar-refractivity contribution < 1.29 is 4.79 Å². The van der Waals surface area contributed by atoms with Crippen molar-refractivity contribution in [2.75, 3.05) is 25.0 Å². The molecule has 6 heteroatoms. The summed E-state index contributed by atoms with van der Waals surface area (Å²) in [5.74, 6) is 1.13. The zero-order chi connectivity index (χ0) is 18.6. The summed E-state index contributed by atoms with van der Waals surface area (Å²) < 4.78 is 0. The Hall–Kier alpha value is -2.89. The number of likely N-dealkylation sites (tertiary alicyclic amines) is 1. The topological polar surface area (TPSA) is 65.1 Å². The lowest BCUT2D eigenvalue weighted by molar-refractivity contribution is -0.0541. The lowest BCUT2D eigenvalue weighted by Gasteiger charge is -2.60. The van der Waals surface area contributed by atoms with Gasteiger partial charge in [0.05, 0.1) is 5.39 Å². The molecule has 1 spiro atoms. The van der Waals surface area contributed by atoms with Crippen molar-refractivity contribution in [3.8, 4) is 0 Å². The normalized spacial score (nSPS) is 18.4. The van der Waals surface area contributed by atoms with E-state index in [2.05, 4.69) is 26.9 Å². The predicted octanol–water partition coefficient (Wildman–Crippen LogP) is 3.01. The number of aromatic nitrogens is 3. The highest BCUT2D eigenvalue weighted by atomic mass is 16.2. The van der Waals surface area contributed by atoms with Crippen molar-refractivity contribution >= 4 is 22.8 Å². The number of benzene rings is 1. The molecule has 0 unspecified atom stereocenters. The molecule has 2 fully saturated rings. The van der Waals surface area contributed by atoms with Crippen LogP contribution < -0.4 is 4.90 Å². The summed E-state index contributed by atoms with van der Waals surface area (Å²) in [6.07, 6.45) is 5.73. The molecule has 2 aromatic heterocycles. The Morgan fingerprint density at radius 2 is 1.93 bits per heavy atom. The summed E-state index contributed by atoms with van der Waals surface area (Å²) in [4.78, 5) is 28.8. The zero-order valence-corrected chi connectivity index (χ0v) is 15.6. The Morgan fingerprint density at radius 3 is 2.67 bits per heavy atom. The van der Waals surface area contributed by atoms with Crippen LogP contribution in [0.15, 0.2) is 42.9 Å². The number of amides is 1. The third-order valence-corrected chi connectivity index (χ3v) is 6.19. The van der Waals surface area contributed by atoms with Crippen LogP contribution in [-0.2, 0) is 0 Å². The minimum absolute atomic E-state index is 0.155. The van der Waals surface area contributed by atoms with Crippen molar-refractivity contribution in [3.05, 3.63) is 54.0 Å². The Labute approximate surface area is 158 Å². The van der Waals surface area contributed by atoms with Crippen LogP contribution in [-0.4, -0.2) is 51.9 Å². The number of rotatable bonds is 3. The molecule has 138 valence electrons. The number of fused-ring (bicyclic) bond motifs is 1. The Kier molecular flexibility index (Phi) is 3.50. The second kappa shape index (κ2) is 5.81. The summed E-state index contributed by atoms with van der Waals surface area (Å²) >= 11 is 0. The fourth-order valence-corrected chi connectivity index (χ4v) is 4.57. The molecule has 6 nitrogen and oxygen atoms in total. The number of nitrogens with zero attached hydrogens (tertiary/aromatic N) is 4. The van der Waals surface area contributed by atoms with Gasteiger partial charge < -0.3 is 14.8 Å². The number of H-pyrrole nitrogens is 1. The van der Waals surface area contributed by atoms with Gasteiger partial charge in [0.25, 0.3) is 5.91 Å². The number of anilines is 1. The first-order valence-electron chi connectivity index (χ1n) is 9.42. The summed E-state index contributed by atoms with van der Waals surface area (Å²) in [6.45, 7) is 3.78. The zero-order valence-electron chi connectivity index (χ0n) is 15.6. The number of carbonyl (C=O) groups is 1. The molecule has 2 aliphatic rings. The van der Waals surface area contributed by atoms with Gasteiger partial charge in [-0.25, -0.2) is 9.97 Å². The number of hydrogen-bond donors (Lipinski definition) is 1. The van der Waals surface area contributed by atoms with Crippen molar-refractivity contribution in [2.24, 2.45) is 5.41 Å². The third kappa shape index (κ3) is 2.59. The lowest BCUT2D eigenvalue weighted by Crippen LogP contribution is -2.67. The summed E-state index contributed by atoms with van der Waals surface area (Å²) in [5, 5.41) is 1.06. The van der Waals surface area contributed by atoms with E-state index in [1.807, 2.05) is 48.4 Å². The van der Waals surface area contributed by atoms with Crippen LogP contribution in [0.2, 0.25) is 0 Å². The van der Waals surface area contributed by atoms with Gasteiger partial charge in [0.15, 0.2) is 0 Å². The molecular formula is C21H23N5O. The average Bonchev–Trinajstić information content (AvgIpc) is 3.08. The number of aryl methyl sites for hydroxylation is 1. The molecule has 0 radical (unpaired) electrons. The first-order chi connectivity index (χ1) is 13.0. The van der Waals surface area contributed by atoms with Crippen LogP contribution in [0, 0.1) is 12.3 Å². The minimum Gasteiger partial charge on any atom is -0.356 e. The van der Waals surface area contributed by atoms with Gasteiger partial charge in [-0.15, -0.1) is 0 Å². The molecule has 1 N–H and O–H groups in total. The molecule has 3 aromatic rings. The largest absolute Gasteiger partial charge is 0.356 e. The molecule has 5 rings (SSSR count). The predicted molar refractivity (Wildman–Crippen MR) is 105 cm³/mol. The van der Waals surface area contributed by atoms with Crippen LogP contribution in [0.5, 0.6) is 0 Å². The van der Waals surface area contributed by atoms with Crippen molar-refractivity contribution in [1.29, 1.82) is 0 Å². The van der Waals surface area contributed by atoms with E-state index in [-0.39, 0.29) is 5.91 Å². The lowest BCUT2D eigenvalue weighted by atomic mass is 9.60. The number of hydrogen-bond acceptors (Lipinski definition) is 4. The molecule has 1 amide bonds. The molecule has 3 heterocycles. The van der Waals surface area contributed by atoms with Crippen LogP contribution in [0.3, 0.4) is 0 Å². The van der Waals surface area contributed by atoms with E-state index in [0.717, 1.165) is 48.3 Å². The van der Waals surface area contributed by atoms with Crippen LogP contribution in [0.4, 0.5) is 5.82 Å². The molecule has 1 saturated heterocycles. The highest BCUT2D eigenvalue weighted by molar-refractivity contribution is 5.95. The molecule has 0 bridgehead atoms. The summed E-state index contributed by atoms with van der Waals surface area (Å²) in [6, 6.07) is 10.4. The van der Waals surface area contributed by atoms with Gasteiger partial charge in [-0.1, -0.05) is 17.7 Å². The Morgan fingerprint density at radius 1 is 1.19 bits per heavy atom. The van der Waals surface area contributed by atoms with Crippen LogP contribution in [0.1, 0.15) is 28.8 Å². The molecule has 1 saturated carbocycles. The third-order valence-electron chi connectivity index (χ3n) is 6.19. The van der Waals surface area contributed by atoms with Crippen molar-refractivity contribution in [3.63, 3.8) is 0 Å². The van der Waals surface area contributed by atoms with Crippen molar-refractivity contribution in [1.82, 2.24) is 19.9 Å². The Bertz CT molecular complexity index is 995. The summed E-state index contributed by atoms with van der Waals surface area (Å²) in [7, 11) is 2.11. The van der Waals surface area contributed by atoms with E-state index in [9.17, 15) is 4.79 Å². The van der Waals surface area contributed by atoms with E-state index in [4.69, 9.17) is 0 Å². The standard InChI is InChI=1S/C21H23N5O/c1-14-3-5-15(6-4-14)20(27)26-11-21(12-26)9-16(10-21)25(2)19-17-7-8-22-18(17)23-13-24-19/h3-8,13,16H,9-12H2,1-2H3,(H,22,23,24). The maximum Gasteiger partial charge on any atom is 0.253 e. The van der Waals surface area contributed by atoms with Gasteiger partial charge in [-0.05, 0) is 38.0 Å². The van der Waals surface area contributed by atoms with Gasteiger partial charge in [0.2, 0.25) is 0 Å². The van der Waals surface area contributed by atoms with Gasteiger partial charge in [0.1, 0.15) is 17.8 Å². The number of nitrogens with one attached hydrogen (secondary N) is 1. The van der Waals surface area contributed by atoms with Gasteiger partial charge in [-0.3, -0.25) is 4.79 Å². The molecular weight excluding hydrogens is 338 g/mol. The molecule has 1 aromatic carbocycles. The molecule has 0 atom stereocenters. The number of aromatic amines is 1. The van der Waals surface area contributed by atoms with E-state index >= 15 is 0 Å². The molecule has 1 aliphatic heterocycles. The SMILES string of the molecule is Cc1ccc(C(=O)N2CC3(CC(N(C)c4ncnc5[nH]ccc45)C3)C2)cc1. The Balaban J connectivity index is 1.22. The van der Waals surface area contributed by atoms with Gasteiger partial charge in [0, 0.05) is 43.4 Å². The first kappa shape index (κ1) is 16.3. The quantitative estimate of drug-likeness (QED) is 0.779. The highest BCUT2D eigenvalue weighted by Crippen LogP contribution is 2.51. The molecule has 27 heavy (non-hydrogen) atoms.